The van der Waals surface area contributed by atoms with Gasteiger partial charge >= 0.3 is 6.03 Å². The molecule has 5 rings (SSSR count). The summed E-state index contributed by atoms with van der Waals surface area (Å²) in [6.45, 7) is 9.28. The molecule has 2 fully saturated rings. The highest BCUT2D eigenvalue weighted by Crippen LogP contribution is 2.33. The maximum absolute atomic E-state index is 12.1. The number of carbonyl (C=O) groups excluding carboxylic acids is 1. The Bertz CT molecular complexity index is 1270. The first kappa shape index (κ1) is 26.8. The molecule has 206 valence electrons. The first-order chi connectivity index (χ1) is 18.2. The Morgan fingerprint density at radius 3 is 2.63 bits per heavy atom. The number of hydrogen-bond donors (Lipinski definition) is 2. The van der Waals surface area contributed by atoms with Gasteiger partial charge in [0.05, 0.1) is 31.2 Å². The Labute approximate surface area is 224 Å². The van der Waals surface area contributed by atoms with Gasteiger partial charge in [-0.2, -0.15) is 0 Å². The predicted molar refractivity (Wildman–Crippen MR) is 147 cm³/mol. The average molecular weight is 544 g/mol. The molecule has 2 atom stereocenters. The number of urea groups is 1. The SMILES string of the molecule is CCNC(=O)Nc1ccc(-c2nc3c(c(N4CCOCC4C)n2)CCN(C2CCN(S(C)(=O)=O)C2)C3)cc1. The molecular weight excluding hydrogens is 506 g/mol. The largest absolute Gasteiger partial charge is 0.377 e. The molecule has 38 heavy (non-hydrogen) atoms. The first-order valence-corrected chi connectivity index (χ1v) is 15.2. The molecule has 0 aliphatic carbocycles. The van der Waals surface area contributed by atoms with Crippen LogP contribution < -0.4 is 15.5 Å². The van der Waals surface area contributed by atoms with E-state index in [0.717, 1.165) is 43.0 Å². The molecule has 2 N–H and O–H groups in total. The molecule has 1 aromatic heterocycles. The number of nitrogens with one attached hydrogen (secondary N) is 2. The number of ether oxygens (including phenoxy) is 1. The highest BCUT2D eigenvalue weighted by Gasteiger charge is 2.36. The van der Waals surface area contributed by atoms with Crippen molar-refractivity contribution in [3.8, 4) is 11.4 Å². The van der Waals surface area contributed by atoms with Gasteiger partial charge in [-0.3, -0.25) is 4.90 Å². The number of carbonyl (C=O) groups is 1. The molecule has 2 aromatic rings. The Balaban J connectivity index is 1.44. The smallest absolute Gasteiger partial charge is 0.319 e. The minimum absolute atomic E-state index is 0.182. The molecule has 4 heterocycles. The number of benzene rings is 1. The van der Waals surface area contributed by atoms with Crippen molar-refractivity contribution in [2.75, 3.05) is 62.4 Å². The first-order valence-electron chi connectivity index (χ1n) is 13.3. The molecule has 0 saturated carbocycles. The second-order valence-electron chi connectivity index (χ2n) is 10.3. The lowest BCUT2D eigenvalue weighted by molar-refractivity contribution is 0.0982. The van der Waals surface area contributed by atoms with E-state index in [1.54, 1.807) is 4.31 Å². The third-order valence-electron chi connectivity index (χ3n) is 7.56. The number of sulfonamides is 1. The van der Waals surface area contributed by atoms with Crippen LogP contribution in [0.15, 0.2) is 24.3 Å². The summed E-state index contributed by atoms with van der Waals surface area (Å²) in [5.41, 5.74) is 3.74. The van der Waals surface area contributed by atoms with E-state index in [2.05, 4.69) is 27.4 Å². The Kier molecular flexibility index (Phi) is 7.85. The van der Waals surface area contributed by atoms with E-state index in [1.165, 1.54) is 11.8 Å². The van der Waals surface area contributed by atoms with E-state index in [0.29, 0.717) is 50.9 Å². The van der Waals surface area contributed by atoms with E-state index >= 15 is 0 Å². The Morgan fingerprint density at radius 2 is 1.95 bits per heavy atom. The van der Waals surface area contributed by atoms with Crippen LogP contribution in [-0.2, 0) is 27.7 Å². The van der Waals surface area contributed by atoms with Gasteiger partial charge in [0.15, 0.2) is 5.82 Å². The maximum atomic E-state index is 12.1. The fourth-order valence-corrected chi connectivity index (χ4v) is 6.38. The van der Waals surface area contributed by atoms with Crippen molar-refractivity contribution in [2.45, 2.75) is 45.3 Å². The molecule has 3 aliphatic rings. The van der Waals surface area contributed by atoms with Gasteiger partial charge < -0.3 is 20.3 Å². The van der Waals surface area contributed by atoms with Gasteiger partial charge in [0.1, 0.15) is 5.82 Å². The van der Waals surface area contributed by atoms with Gasteiger partial charge in [0.25, 0.3) is 0 Å². The predicted octanol–water partition coefficient (Wildman–Crippen LogP) is 1.90. The number of nitrogens with zero attached hydrogens (tertiary/aromatic N) is 5. The summed E-state index contributed by atoms with van der Waals surface area (Å²) >= 11 is 0. The minimum atomic E-state index is -3.19. The van der Waals surface area contributed by atoms with Crippen LogP contribution in [0.4, 0.5) is 16.3 Å². The quantitative estimate of drug-likeness (QED) is 0.567. The van der Waals surface area contributed by atoms with Gasteiger partial charge in [0.2, 0.25) is 10.0 Å². The highest BCUT2D eigenvalue weighted by atomic mass is 32.2. The number of hydrogen-bond acceptors (Lipinski definition) is 8. The van der Waals surface area contributed by atoms with Gasteiger partial charge in [-0.1, -0.05) is 0 Å². The summed E-state index contributed by atoms with van der Waals surface area (Å²) in [4.78, 5) is 26.7. The number of anilines is 2. The summed E-state index contributed by atoms with van der Waals surface area (Å²) in [5.74, 6) is 1.61. The van der Waals surface area contributed by atoms with Crippen LogP contribution in [-0.4, -0.2) is 97.9 Å². The molecular formula is C26H37N7O4S. The van der Waals surface area contributed by atoms with Crippen LogP contribution in [0, 0.1) is 0 Å². The summed E-state index contributed by atoms with van der Waals surface area (Å²) in [5, 5.41) is 5.55. The highest BCUT2D eigenvalue weighted by molar-refractivity contribution is 7.88. The summed E-state index contributed by atoms with van der Waals surface area (Å²) in [7, 11) is -3.19. The second kappa shape index (κ2) is 11.1. The topological polar surface area (TPSA) is 120 Å². The molecule has 3 aliphatic heterocycles. The van der Waals surface area contributed by atoms with E-state index in [4.69, 9.17) is 14.7 Å². The van der Waals surface area contributed by atoms with Crippen LogP contribution in [0.1, 0.15) is 31.5 Å². The number of amides is 2. The van der Waals surface area contributed by atoms with E-state index in [9.17, 15) is 13.2 Å². The zero-order valence-electron chi connectivity index (χ0n) is 22.3. The van der Waals surface area contributed by atoms with Gasteiger partial charge in [-0.25, -0.2) is 27.5 Å². The van der Waals surface area contributed by atoms with Crippen molar-refractivity contribution in [1.29, 1.82) is 0 Å². The van der Waals surface area contributed by atoms with E-state index in [-0.39, 0.29) is 18.1 Å². The van der Waals surface area contributed by atoms with Crippen LogP contribution in [0.2, 0.25) is 0 Å². The molecule has 1 aromatic carbocycles. The van der Waals surface area contributed by atoms with Crippen LogP contribution in [0.3, 0.4) is 0 Å². The van der Waals surface area contributed by atoms with Gasteiger partial charge in [0, 0.05) is 62.1 Å². The molecule has 0 radical (unpaired) electrons. The lowest BCUT2D eigenvalue weighted by atomic mass is 10.0. The molecule has 2 saturated heterocycles. The van der Waals surface area contributed by atoms with Crippen molar-refractivity contribution < 1.29 is 17.9 Å². The van der Waals surface area contributed by atoms with Crippen molar-refractivity contribution >= 4 is 27.6 Å². The zero-order chi connectivity index (χ0) is 26.9. The molecule has 0 bridgehead atoms. The summed E-state index contributed by atoms with van der Waals surface area (Å²) < 4.78 is 31.4. The van der Waals surface area contributed by atoms with Gasteiger partial charge in [-0.15, -0.1) is 0 Å². The third kappa shape index (κ3) is 5.78. The lowest BCUT2D eigenvalue weighted by Gasteiger charge is -2.39. The van der Waals surface area contributed by atoms with Crippen molar-refractivity contribution in [3.05, 3.63) is 35.5 Å². The van der Waals surface area contributed by atoms with Crippen molar-refractivity contribution in [1.82, 2.24) is 24.5 Å². The standard InChI is InChI=1S/C26H37N7O4S/c1-4-27-26(34)28-20-7-5-19(6-8-20)24-29-23-16-31(21-9-12-32(15-21)38(3,35)36)11-10-22(23)25(30-24)33-13-14-37-17-18(33)2/h5-8,18,21H,4,9-17H2,1-3H3,(H2,27,28,34). The number of fused-ring (bicyclic) bond motifs is 1. The molecule has 11 nitrogen and oxygen atoms in total. The minimum Gasteiger partial charge on any atom is -0.377 e. The fourth-order valence-electron chi connectivity index (χ4n) is 5.50. The number of morpholine rings is 1. The van der Waals surface area contributed by atoms with E-state index in [1.807, 2.05) is 31.2 Å². The summed E-state index contributed by atoms with van der Waals surface area (Å²) in [6.07, 6.45) is 2.93. The third-order valence-corrected chi connectivity index (χ3v) is 8.83. The number of rotatable bonds is 6. The zero-order valence-corrected chi connectivity index (χ0v) is 23.1. The van der Waals surface area contributed by atoms with Crippen molar-refractivity contribution in [3.63, 3.8) is 0 Å². The fraction of sp³-hybridized carbons (Fsp3) is 0.577. The van der Waals surface area contributed by atoms with Gasteiger partial charge in [-0.05, 0) is 51.0 Å². The maximum Gasteiger partial charge on any atom is 0.319 e. The normalized spacial score (nSPS) is 22.8. The van der Waals surface area contributed by atoms with Crippen LogP contribution >= 0.6 is 0 Å². The Morgan fingerprint density at radius 1 is 1.16 bits per heavy atom. The Hall–Kier alpha value is -2.80. The molecule has 2 unspecified atom stereocenters. The molecule has 2 amide bonds. The number of aromatic nitrogens is 2. The molecule has 0 spiro atoms. The lowest BCUT2D eigenvalue weighted by Crippen LogP contribution is -2.46. The van der Waals surface area contributed by atoms with E-state index < -0.39 is 10.0 Å². The average Bonchev–Trinajstić information content (AvgIpc) is 3.40. The second-order valence-corrected chi connectivity index (χ2v) is 12.2. The van der Waals surface area contributed by atoms with Crippen LogP contribution in [0.25, 0.3) is 11.4 Å². The van der Waals surface area contributed by atoms with Crippen LogP contribution in [0.5, 0.6) is 0 Å². The monoisotopic (exact) mass is 543 g/mol. The van der Waals surface area contributed by atoms with Crippen molar-refractivity contribution in [2.24, 2.45) is 0 Å². The summed E-state index contributed by atoms with van der Waals surface area (Å²) in [6, 6.07) is 7.71. The molecule has 12 heteroatoms.